The van der Waals surface area contributed by atoms with Crippen LogP contribution in [0.5, 0.6) is 23.0 Å². The van der Waals surface area contributed by atoms with Gasteiger partial charge >= 0.3 is 12.6 Å². The van der Waals surface area contributed by atoms with Crippen LogP contribution in [-0.4, -0.2) is 38.5 Å². The summed E-state index contributed by atoms with van der Waals surface area (Å²) in [5, 5.41) is 2.68. The molecule has 0 aliphatic carbocycles. The number of carbonyl (C=O) groups excluding carboxylic acids is 2. The molecule has 0 saturated carbocycles. The van der Waals surface area contributed by atoms with E-state index in [1.54, 1.807) is 18.2 Å². The van der Waals surface area contributed by atoms with Crippen molar-refractivity contribution in [1.82, 2.24) is 5.32 Å². The fraction of sp³-hybridized carbons (Fsp3) is 0.273. The number of amides is 1. The van der Waals surface area contributed by atoms with Crippen LogP contribution >= 0.6 is 0 Å². The lowest BCUT2D eigenvalue weighted by atomic mass is 10.2. The summed E-state index contributed by atoms with van der Waals surface area (Å²) in [6, 6.07) is 9.48. The highest BCUT2D eigenvalue weighted by atomic mass is 19.3. The molecule has 3 rings (SSSR count). The van der Waals surface area contributed by atoms with Gasteiger partial charge in [-0.05, 0) is 48.4 Å². The zero-order valence-corrected chi connectivity index (χ0v) is 17.3. The third kappa shape index (κ3) is 6.10. The standard InChI is InChI=1S/C22H21F2NO7/c1-13(21(27)25-11-15-4-6-16-19(10-15)30-12-29-16)31-20(26)8-5-14-3-7-17(32-22(23)24)18(9-14)28-2/h3-10,13,22H,11-12H2,1-2H3,(H,25,27)/b8-5+. The van der Waals surface area contributed by atoms with Crippen LogP contribution in [0.2, 0.25) is 0 Å². The van der Waals surface area contributed by atoms with Gasteiger partial charge < -0.3 is 29.0 Å². The average molecular weight is 449 g/mol. The van der Waals surface area contributed by atoms with Gasteiger partial charge in [0.2, 0.25) is 6.79 Å². The second-order valence-corrected chi connectivity index (χ2v) is 6.61. The van der Waals surface area contributed by atoms with Crippen molar-refractivity contribution in [3.63, 3.8) is 0 Å². The third-order valence-electron chi connectivity index (χ3n) is 4.38. The van der Waals surface area contributed by atoms with Crippen molar-refractivity contribution in [2.24, 2.45) is 0 Å². The van der Waals surface area contributed by atoms with Crippen LogP contribution in [0.1, 0.15) is 18.1 Å². The fourth-order valence-corrected chi connectivity index (χ4v) is 2.80. The van der Waals surface area contributed by atoms with E-state index in [1.165, 1.54) is 38.3 Å². The molecule has 1 amide bonds. The van der Waals surface area contributed by atoms with Crippen LogP contribution in [0.15, 0.2) is 42.5 Å². The molecule has 0 radical (unpaired) electrons. The van der Waals surface area contributed by atoms with E-state index >= 15 is 0 Å². The molecule has 32 heavy (non-hydrogen) atoms. The molecule has 1 unspecified atom stereocenters. The van der Waals surface area contributed by atoms with Gasteiger partial charge in [-0.1, -0.05) is 12.1 Å². The highest BCUT2D eigenvalue weighted by Gasteiger charge is 2.18. The first-order chi connectivity index (χ1) is 15.4. The number of alkyl halides is 2. The second-order valence-electron chi connectivity index (χ2n) is 6.61. The number of methoxy groups -OCH3 is 1. The van der Waals surface area contributed by atoms with Crippen LogP contribution in [0, 0.1) is 0 Å². The summed E-state index contributed by atoms with van der Waals surface area (Å²) in [5.74, 6) is -0.0241. The summed E-state index contributed by atoms with van der Waals surface area (Å²) in [6.45, 7) is -1.16. The molecule has 0 saturated heterocycles. The molecule has 0 bridgehead atoms. The topological polar surface area (TPSA) is 92.3 Å². The summed E-state index contributed by atoms with van der Waals surface area (Å²) in [7, 11) is 1.30. The van der Waals surface area contributed by atoms with Gasteiger partial charge in [0.05, 0.1) is 7.11 Å². The Morgan fingerprint density at radius 3 is 2.66 bits per heavy atom. The number of ether oxygens (including phenoxy) is 5. The van der Waals surface area contributed by atoms with Crippen LogP contribution in [0.3, 0.4) is 0 Å². The SMILES string of the molecule is COc1cc(/C=C/C(=O)OC(C)C(=O)NCc2ccc3c(c2)OCO3)ccc1OC(F)F. The summed E-state index contributed by atoms with van der Waals surface area (Å²) < 4.78 is 49.7. The van der Waals surface area contributed by atoms with E-state index in [-0.39, 0.29) is 24.8 Å². The Kier molecular flexibility index (Phi) is 7.48. The summed E-state index contributed by atoms with van der Waals surface area (Å²) in [5.41, 5.74) is 1.29. The Hall–Kier alpha value is -3.82. The molecule has 1 heterocycles. The van der Waals surface area contributed by atoms with Crippen molar-refractivity contribution in [3.05, 3.63) is 53.6 Å². The van der Waals surface area contributed by atoms with E-state index in [0.717, 1.165) is 11.6 Å². The van der Waals surface area contributed by atoms with Crippen LogP contribution in [0.4, 0.5) is 8.78 Å². The Bertz CT molecular complexity index is 1010. The molecule has 2 aromatic carbocycles. The normalized spacial score (nSPS) is 13.2. The molecular weight excluding hydrogens is 428 g/mol. The largest absolute Gasteiger partial charge is 0.493 e. The van der Waals surface area contributed by atoms with Crippen molar-refractivity contribution in [1.29, 1.82) is 0 Å². The average Bonchev–Trinajstić information content (AvgIpc) is 3.24. The highest BCUT2D eigenvalue weighted by Crippen LogP contribution is 2.32. The first kappa shape index (κ1) is 22.9. The van der Waals surface area contributed by atoms with Crippen LogP contribution < -0.4 is 24.3 Å². The summed E-state index contributed by atoms with van der Waals surface area (Å²) >= 11 is 0. The number of halogens is 2. The van der Waals surface area contributed by atoms with Crippen LogP contribution in [0.25, 0.3) is 6.08 Å². The molecule has 1 atom stereocenters. The number of nitrogens with one attached hydrogen (secondary N) is 1. The predicted octanol–water partition coefficient (Wildman–Crippen LogP) is 3.29. The van der Waals surface area contributed by atoms with E-state index in [9.17, 15) is 18.4 Å². The zero-order chi connectivity index (χ0) is 23.1. The van der Waals surface area contributed by atoms with Crippen molar-refractivity contribution in [2.75, 3.05) is 13.9 Å². The maximum absolute atomic E-state index is 12.4. The number of hydrogen-bond donors (Lipinski definition) is 1. The Balaban J connectivity index is 1.50. The molecule has 10 heteroatoms. The fourth-order valence-electron chi connectivity index (χ4n) is 2.80. The summed E-state index contributed by atoms with van der Waals surface area (Å²) in [4.78, 5) is 24.2. The van der Waals surface area contributed by atoms with E-state index in [2.05, 4.69) is 10.1 Å². The molecule has 0 spiro atoms. The molecule has 1 aliphatic rings. The smallest absolute Gasteiger partial charge is 0.387 e. The van der Waals surface area contributed by atoms with Gasteiger partial charge in [0.15, 0.2) is 29.1 Å². The molecule has 0 aromatic heterocycles. The Morgan fingerprint density at radius 2 is 1.91 bits per heavy atom. The van der Waals surface area contributed by atoms with E-state index in [4.69, 9.17) is 18.9 Å². The molecule has 8 nitrogen and oxygen atoms in total. The zero-order valence-electron chi connectivity index (χ0n) is 17.3. The van der Waals surface area contributed by atoms with Gasteiger partial charge in [-0.25, -0.2) is 4.79 Å². The van der Waals surface area contributed by atoms with Crippen LogP contribution in [-0.2, 0) is 20.9 Å². The van der Waals surface area contributed by atoms with E-state index < -0.39 is 24.6 Å². The van der Waals surface area contributed by atoms with Gasteiger partial charge in [0.1, 0.15) is 0 Å². The number of benzene rings is 2. The first-order valence-electron chi connectivity index (χ1n) is 9.53. The molecular formula is C22H21F2NO7. The van der Waals surface area contributed by atoms with Gasteiger partial charge in [0.25, 0.3) is 5.91 Å². The van der Waals surface area contributed by atoms with Gasteiger partial charge in [0, 0.05) is 12.6 Å². The minimum absolute atomic E-state index is 0.0806. The first-order valence-corrected chi connectivity index (χ1v) is 9.53. The predicted molar refractivity (Wildman–Crippen MR) is 109 cm³/mol. The van der Waals surface area contributed by atoms with Gasteiger partial charge in [-0.3, -0.25) is 4.79 Å². The van der Waals surface area contributed by atoms with E-state index in [0.29, 0.717) is 17.1 Å². The number of rotatable bonds is 9. The maximum Gasteiger partial charge on any atom is 0.387 e. The lowest BCUT2D eigenvalue weighted by Crippen LogP contribution is -2.35. The summed E-state index contributed by atoms with van der Waals surface area (Å²) in [6.07, 6.45) is 1.48. The number of hydrogen-bond acceptors (Lipinski definition) is 7. The maximum atomic E-state index is 12.4. The number of fused-ring (bicyclic) bond motifs is 1. The van der Waals surface area contributed by atoms with E-state index in [1.807, 2.05) is 0 Å². The molecule has 0 fully saturated rings. The Labute approximate surface area is 182 Å². The van der Waals surface area contributed by atoms with Crippen molar-refractivity contribution >= 4 is 18.0 Å². The van der Waals surface area contributed by atoms with Gasteiger partial charge in [-0.2, -0.15) is 8.78 Å². The monoisotopic (exact) mass is 449 g/mol. The molecule has 1 N–H and O–H groups in total. The molecule has 170 valence electrons. The molecule has 1 aliphatic heterocycles. The minimum Gasteiger partial charge on any atom is -0.493 e. The highest BCUT2D eigenvalue weighted by molar-refractivity contribution is 5.90. The van der Waals surface area contributed by atoms with Crippen molar-refractivity contribution < 1.29 is 42.1 Å². The molecule has 2 aromatic rings. The number of carbonyl (C=O) groups is 2. The Morgan fingerprint density at radius 1 is 1.12 bits per heavy atom. The minimum atomic E-state index is -2.99. The van der Waals surface area contributed by atoms with Gasteiger partial charge in [-0.15, -0.1) is 0 Å². The van der Waals surface area contributed by atoms with Crippen molar-refractivity contribution in [3.8, 4) is 23.0 Å². The lowest BCUT2D eigenvalue weighted by molar-refractivity contribution is -0.150. The quantitative estimate of drug-likeness (QED) is 0.464. The third-order valence-corrected chi connectivity index (χ3v) is 4.38. The second kappa shape index (κ2) is 10.5. The van der Waals surface area contributed by atoms with Crippen molar-refractivity contribution in [2.45, 2.75) is 26.2 Å². The lowest BCUT2D eigenvalue weighted by Gasteiger charge is -2.13. The number of esters is 1.